The zero-order valence-corrected chi connectivity index (χ0v) is 12.1. The molecule has 1 aromatic carbocycles. The number of aryl methyl sites for hydroxylation is 2. The molecule has 0 radical (unpaired) electrons. The summed E-state index contributed by atoms with van der Waals surface area (Å²) in [7, 11) is 1.83. The zero-order chi connectivity index (χ0) is 14.4. The smallest absolute Gasteiger partial charge is 0.222 e. The van der Waals surface area contributed by atoms with Gasteiger partial charge < -0.3 is 4.90 Å². The Morgan fingerprint density at radius 3 is 2.50 bits per heavy atom. The van der Waals surface area contributed by atoms with Crippen LogP contribution in [0.15, 0.2) is 36.7 Å². The lowest BCUT2D eigenvalue weighted by molar-refractivity contribution is -0.130. The van der Waals surface area contributed by atoms with Gasteiger partial charge in [-0.1, -0.05) is 31.2 Å². The second kappa shape index (κ2) is 6.89. The SMILES string of the molecule is CCc1ccc(CCC(=O)N(C)Cc2cn[nH]c2)cc1. The third-order valence-electron chi connectivity index (χ3n) is 3.46. The maximum atomic E-state index is 12.1. The van der Waals surface area contributed by atoms with Crippen molar-refractivity contribution in [1.82, 2.24) is 15.1 Å². The van der Waals surface area contributed by atoms with Crippen molar-refractivity contribution >= 4 is 5.91 Å². The molecule has 2 rings (SSSR count). The number of hydrogen-bond donors (Lipinski definition) is 1. The maximum absolute atomic E-state index is 12.1. The fourth-order valence-electron chi connectivity index (χ4n) is 2.11. The Bertz CT molecular complexity index is 531. The average molecular weight is 271 g/mol. The first-order valence-corrected chi connectivity index (χ1v) is 6.98. The van der Waals surface area contributed by atoms with Gasteiger partial charge >= 0.3 is 0 Å². The summed E-state index contributed by atoms with van der Waals surface area (Å²) in [6, 6.07) is 8.49. The summed E-state index contributed by atoms with van der Waals surface area (Å²) in [6.45, 7) is 2.74. The highest BCUT2D eigenvalue weighted by Crippen LogP contribution is 2.09. The van der Waals surface area contributed by atoms with E-state index >= 15 is 0 Å². The summed E-state index contributed by atoms with van der Waals surface area (Å²) in [5.74, 6) is 0.158. The molecule has 1 amide bonds. The molecule has 0 aliphatic heterocycles. The first-order chi connectivity index (χ1) is 9.69. The molecule has 0 fully saturated rings. The minimum Gasteiger partial charge on any atom is -0.341 e. The number of nitrogens with zero attached hydrogens (tertiary/aromatic N) is 2. The van der Waals surface area contributed by atoms with Crippen molar-refractivity contribution in [3.8, 4) is 0 Å². The molecule has 1 aromatic heterocycles. The minimum atomic E-state index is 0.158. The van der Waals surface area contributed by atoms with Crippen molar-refractivity contribution in [2.45, 2.75) is 32.7 Å². The molecule has 0 bridgehead atoms. The third-order valence-corrected chi connectivity index (χ3v) is 3.46. The van der Waals surface area contributed by atoms with E-state index < -0.39 is 0 Å². The van der Waals surface area contributed by atoms with Crippen molar-refractivity contribution in [1.29, 1.82) is 0 Å². The number of carbonyl (C=O) groups excluding carboxylic acids is 1. The van der Waals surface area contributed by atoms with Crippen LogP contribution in [0.1, 0.15) is 30.0 Å². The molecule has 0 spiro atoms. The number of H-pyrrole nitrogens is 1. The number of amides is 1. The van der Waals surface area contributed by atoms with Crippen molar-refractivity contribution in [3.05, 3.63) is 53.3 Å². The van der Waals surface area contributed by atoms with Crippen molar-refractivity contribution in [2.24, 2.45) is 0 Å². The number of rotatable bonds is 6. The largest absolute Gasteiger partial charge is 0.341 e. The van der Waals surface area contributed by atoms with Crippen LogP contribution >= 0.6 is 0 Å². The van der Waals surface area contributed by atoms with Gasteiger partial charge in [-0.15, -0.1) is 0 Å². The van der Waals surface area contributed by atoms with Crippen LogP contribution < -0.4 is 0 Å². The van der Waals surface area contributed by atoms with E-state index in [2.05, 4.69) is 41.4 Å². The third kappa shape index (κ3) is 3.95. The van der Waals surface area contributed by atoms with Crippen LogP contribution in [0.25, 0.3) is 0 Å². The molecule has 0 saturated carbocycles. The van der Waals surface area contributed by atoms with Gasteiger partial charge in [0.05, 0.1) is 6.20 Å². The van der Waals surface area contributed by atoms with Crippen LogP contribution in [-0.4, -0.2) is 28.1 Å². The molecule has 2 aromatic rings. The molecule has 20 heavy (non-hydrogen) atoms. The summed E-state index contributed by atoms with van der Waals surface area (Å²) >= 11 is 0. The second-order valence-electron chi connectivity index (χ2n) is 5.03. The molecule has 106 valence electrons. The van der Waals surface area contributed by atoms with E-state index in [0.717, 1.165) is 18.4 Å². The molecule has 1 N–H and O–H groups in total. The van der Waals surface area contributed by atoms with Crippen LogP contribution in [-0.2, 0) is 24.2 Å². The second-order valence-corrected chi connectivity index (χ2v) is 5.03. The Morgan fingerprint density at radius 1 is 1.20 bits per heavy atom. The van der Waals surface area contributed by atoms with Crippen molar-refractivity contribution < 1.29 is 4.79 Å². The lowest BCUT2D eigenvalue weighted by Gasteiger charge is -2.16. The van der Waals surface area contributed by atoms with Gasteiger partial charge in [-0.05, 0) is 24.0 Å². The van der Waals surface area contributed by atoms with E-state index in [1.54, 1.807) is 11.1 Å². The number of aromatic amines is 1. The number of carbonyl (C=O) groups is 1. The number of hydrogen-bond acceptors (Lipinski definition) is 2. The lowest BCUT2D eigenvalue weighted by atomic mass is 10.1. The number of benzene rings is 1. The van der Waals surface area contributed by atoms with E-state index in [4.69, 9.17) is 0 Å². The van der Waals surface area contributed by atoms with E-state index in [0.29, 0.717) is 13.0 Å². The highest BCUT2D eigenvalue weighted by molar-refractivity contribution is 5.76. The standard InChI is InChI=1S/C16H21N3O/c1-3-13-4-6-14(7-5-13)8-9-16(20)19(2)12-15-10-17-18-11-15/h4-7,10-11H,3,8-9,12H2,1-2H3,(H,17,18). The summed E-state index contributed by atoms with van der Waals surface area (Å²) in [5, 5.41) is 6.64. The Morgan fingerprint density at radius 2 is 1.90 bits per heavy atom. The summed E-state index contributed by atoms with van der Waals surface area (Å²) in [5.41, 5.74) is 3.57. The van der Waals surface area contributed by atoms with Gasteiger partial charge in [-0.25, -0.2) is 0 Å². The predicted molar refractivity (Wildman–Crippen MR) is 79.2 cm³/mol. The molecule has 4 heteroatoms. The van der Waals surface area contributed by atoms with Crippen molar-refractivity contribution in [2.75, 3.05) is 7.05 Å². The number of aromatic nitrogens is 2. The topological polar surface area (TPSA) is 49.0 Å². The van der Waals surface area contributed by atoms with Crippen LogP contribution in [0.2, 0.25) is 0 Å². The molecular formula is C16H21N3O. The van der Waals surface area contributed by atoms with E-state index in [-0.39, 0.29) is 5.91 Å². The highest BCUT2D eigenvalue weighted by atomic mass is 16.2. The van der Waals surface area contributed by atoms with Gasteiger partial charge in [-0.2, -0.15) is 5.10 Å². The van der Waals surface area contributed by atoms with Gasteiger partial charge in [0.2, 0.25) is 5.91 Å². The molecule has 4 nitrogen and oxygen atoms in total. The summed E-state index contributed by atoms with van der Waals surface area (Å²) in [4.78, 5) is 13.8. The van der Waals surface area contributed by atoms with E-state index in [9.17, 15) is 4.79 Å². The van der Waals surface area contributed by atoms with Crippen LogP contribution in [0, 0.1) is 0 Å². The van der Waals surface area contributed by atoms with Gasteiger partial charge in [0.25, 0.3) is 0 Å². The summed E-state index contributed by atoms with van der Waals surface area (Å²) < 4.78 is 0. The molecule has 0 aliphatic carbocycles. The first-order valence-electron chi connectivity index (χ1n) is 6.98. The zero-order valence-electron chi connectivity index (χ0n) is 12.1. The average Bonchev–Trinajstić information content (AvgIpc) is 2.98. The molecule has 0 unspecified atom stereocenters. The minimum absolute atomic E-state index is 0.158. The van der Waals surface area contributed by atoms with Crippen LogP contribution in [0.3, 0.4) is 0 Å². The Hall–Kier alpha value is -2.10. The fraction of sp³-hybridized carbons (Fsp3) is 0.375. The highest BCUT2D eigenvalue weighted by Gasteiger charge is 2.09. The molecule has 1 heterocycles. The van der Waals surface area contributed by atoms with E-state index in [1.807, 2.05) is 13.2 Å². The Balaban J connectivity index is 1.81. The van der Waals surface area contributed by atoms with Gasteiger partial charge in [-0.3, -0.25) is 9.89 Å². The lowest BCUT2D eigenvalue weighted by Crippen LogP contribution is -2.26. The molecule has 0 saturated heterocycles. The molecule has 0 aliphatic rings. The Labute approximate surface area is 119 Å². The number of nitrogens with one attached hydrogen (secondary N) is 1. The van der Waals surface area contributed by atoms with Crippen LogP contribution in [0.5, 0.6) is 0 Å². The monoisotopic (exact) mass is 271 g/mol. The summed E-state index contributed by atoms with van der Waals surface area (Å²) in [6.07, 6.45) is 5.94. The fourth-order valence-corrected chi connectivity index (χ4v) is 2.11. The normalized spacial score (nSPS) is 10.5. The quantitative estimate of drug-likeness (QED) is 0.877. The van der Waals surface area contributed by atoms with E-state index in [1.165, 1.54) is 11.1 Å². The maximum Gasteiger partial charge on any atom is 0.222 e. The van der Waals surface area contributed by atoms with Gasteiger partial charge in [0.1, 0.15) is 0 Å². The van der Waals surface area contributed by atoms with Crippen molar-refractivity contribution in [3.63, 3.8) is 0 Å². The molecule has 0 atom stereocenters. The van der Waals surface area contributed by atoms with Crippen LogP contribution in [0.4, 0.5) is 0 Å². The van der Waals surface area contributed by atoms with Gasteiger partial charge in [0.15, 0.2) is 0 Å². The first kappa shape index (κ1) is 14.3. The predicted octanol–water partition coefficient (Wildman–Crippen LogP) is 2.56. The Kier molecular flexibility index (Phi) is 4.93. The molecular weight excluding hydrogens is 250 g/mol. The van der Waals surface area contributed by atoms with Gasteiger partial charge in [0, 0.05) is 31.8 Å².